The number of thioether (sulfide) groups is 1. The average molecular weight is 653 g/mol. The molecule has 5 rings (SSSR count). The number of halogens is 3. The molecule has 1 aromatic heterocycles. The largest absolute Gasteiger partial charge is 0.573 e. The number of aliphatic imine (C=N–C) groups is 1. The SMILES string of the molecule is COc1ccc(N2C(=O)CS/C2=N\C(=O)NCC(C)c2ccc(-c3ncn(-c4ccc(OC(F)(F)F)cc4)n3)cc2)c(C(C)C)c1. The first-order chi connectivity index (χ1) is 21.9. The number of benzene rings is 3. The van der Waals surface area contributed by atoms with Gasteiger partial charge in [0, 0.05) is 12.1 Å². The number of carbonyl (C=O) groups excluding carboxylic acids is 2. The van der Waals surface area contributed by atoms with Gasteiger partial charge >= 0.3 is 12.4 Å². The number of carbonyl (C=O) groups is 2. The number of aromatic nitrogens is 3. The molecule has 240 valence electrons. The number of urea groups is 1. The maximum absolute atomic E-state index is 12.8. The van der Waals surface area contributed by atoms with Crippen LogP contribution in [0.2, 0.25) is 0 Å². The van der Waals surface area contributed by atoms with Gasteiger partial charge in [-0.1, -0.05) is 56.8 Å². The number of methoxy groups -OCH3 is 1. The van der Waals surface area contributed by atoms with Crippen LogP contribution in [0.15, 0.2) is 78.0 Å². The number of alkyl halides is 3. The van der Waals surface area contributed by atoms with Gasteiger partial charge in [-0.05, 0) is 65.4 Å². The van der Waals surface area contributed by atoms with Crippen molar-refractivity contribution < 1.29 is 32.2 Å². The standard InChI is InChI=1S/C32H31F3N6O4S/c1-19(2)26-15-25(44-4)13-14-27(26)41-28(42)17-46-31(41)38-30(43)36-16-20(3)21-5-7-22(8-6-21)29-37-18-40(39-29)23-9-11-24(12-10-23)45-32(33,34)35/h5-15,18-20H,16-17H2,1-4H3,(H,36,43)/b38-31-. The minimum Gasteiger partial charge on any atom is -0.497 e. The van der Waals surface area contributed by atoms with E-state index >= 15 is 0 Å². The number of amidine groups is 1. The Bertz CT molecular complexity index is 1740. The van der Waals surface area contributed by atoms with Gasteiger partial charge in [-0.25, -0.2) is 14.5 Å². The lowest BCUT2D eigenvalue weighted by Crippen LogP contribution is -2.32. The fourth-order valence-corrected chi connectivity index (χ4v) is 5.63. The molecule has 1 atom stereocenters. The maximum atomic E-state index is 12.8. The minimum atomic E-state index is -4.76. The third kappa shape index (κ3) is 7.68. The van der Waals surface area contributed by atoms with Crippen LogP contribution in [0.1, 0.15) is 43.7 Å². The molecule has 2 heterocycles. The first-order valence-electron chi connectivity index (χ1n) is 14.3. The molecule has 1 aliphatic heterocycles. The molecule has 10 nitrogen and oxygen atoms in total. The molecule has 46 heavy (non-hydrogen) atoms. The van der Waals surface area contributed by atoms with Crippen molar-refractivity contribution in [2.45, 2.75) is 39.0 Å². The second-order valence-electron chi connectivity index (χ2n) is 10.8. The van der Waals surface area contributed by atoms with E-state index in [2.05, 4.69) is 25.1 Å². The van der Waals surface area contributed by atoms with E-state index < -0.39 is 12.4 Å². The van der Waals surface area contributed by atoms with Gasteiger partial charge < -0.3 is 14.8 Å². The summed E-state index contributed by atoms with van der Waals surface area (Å²) in [7, 11) is 1.59. The van der Waals surface area contributed by atoms with Crippen LogP contribution in [0.3, 0.4) is 0 Å². The summed E-state index contributed by atoms with van der Waals surface area (Å²) in [5.74, 6) is 0.893. The first kappa shape index (κ1) is 32.5. The van der Waals surface area contributed by atoms with Gasteiger partial charge in [-0.3, -0.25) is 9.69 Å². The highest BCUT2D eigenvalue weighted by Crippen LogP contribution is 2.35. The number of nitrogens with one attached hydrogen (secondary N) is 1. The topological polar surface area (TPSA) is 111 Å². The molecule has 1 saturated heterocycles. The second kappa shape index (κ2) is 13.6. The molecule has 0 saturated carbocycles. The second-order valence-corrected chi connectivity index (χ2v) is 11.7. The summed E-state index contributed by atoms with van der Waals surface area (Å²) < 4.78 is 48.0. The van der Waals surface area contributed by atoms with Crippen molar-refractivity contribution in [2.24, 2.45) is 4.99 Å². The molecule has 0 spiro atoms. The van der Waals surface area contributed by atoms with Crippen molar-refractivity contribution in [1.82, 2.24) is 20.1 Å². The summed E-state index contributed by atoms with van der Waals surface area (Å²) in [4.78, 5) is 35.7. The Labute approximate surface area is 267 Å². The van der Waals surface area contributed by atoms with Gasteiger partial charge in [-0.15, -0.1) is 18.3 Å². The lowest BCUT2D eigenvalue weighted by atomic mass is 10.00. The molecule has 4 aromatic rings. The van der Waals surface area contributed by atoms with Gasteiger partial charge in [0.05, 0.1) is 24.2 Å². The van der Waals surface area contributed by atoms with E-state index in [1.54, 1.807) is 13.2 Å². The van der Waals surface area contributed by atoms with Gasteiger partial charge in [0.2, 0.25) is 5.91 Å². The average Bonchev–Trinajstić information content (AvgIpc) is 3.66. The summed E-state index contributed by atoms with van der Waals surface area (Å²) >= 11 is 1.22. The molecule has 14 heteroatoms. The predicted octanol–water partition coefficient (Wildman–Crippen LogP) is 6.91. The van der Waals surface area contributed by atoms with Gasteiger partial charge in [0.15, 0.2) is 11.0 Å². The quantitative estimate of drug-likeness (QED) is 0.209. The molecule has 1 aliphatic rings. The fourth-order valence-electron chi connectivity index (χ4n) is 4.77. The third-order valence-corrected chi connectivity index (χ3v) is 8.11. The number of ether oxygens (including phenoxy) is 2. The van der Waals surface area contributed by atoms with E-state index in [1.165, 1.54) is 51.9 Å². The van der Waals surface area contributed by atoms with E-state index in [4.69, 9.17) is 4.74 Å². The number of nitrogens with zero attached hydrogens (tertiary/aromatic N) is 5. The van der Waals surface area contributed by atoms with Crippen molar-refractivity contribution in [1.29, 1.82) is 0 Å². The summed E-state index contributed by atoms with van der Waals surface area (Å²) in [5.41, 5.74) is 3.81. The summed E-state index contributed by atoms with van der Waals surface area (Å²) in [6.07, 6.45) is -3.29. The summed E-state index contributed by atoms with van der Waals surface area (Å²) in [6, 6.07) is 17.8. The molecule has 3 amide bonds. The molecule has 1 N–H and O–H groups in total. The van der Waals surface area contributed by atoms with Crippen LogP contribution < -0.4 is 19.7 Å². The Balaban J connectivity index is 1.20. The lowest BCUT2D eigenvalue weighted by molar-refractivity contribution is -0.274. The highest BCUT2D eigenvalue weighted by molar-refractivity contribution is 8.15. The Hall–Kier alpha value is -4.85. The molecular formula is C32H31F3N6O4S. The number of anilines is 1. The van der Waals surface area contributed by atoms with E-state index in [9.17, 15) is 22.8 Å². The molecule has 1 fully saturated rings. The van der Waals surface area contributed by atoms with E-state index in [0.717, 1.165) is 16.7 Å². The molecular weight excluding hydrogens is 621 g/mol. The number of amides is 3. The van der Waals surface area contributed by atoms with Crippen molar-refractivity contribution in [3.05, 3.63) is 84.2 Å². The zero-order valence-electron chi connectivity index (χ0n) is 25.4. The predicted molar refractivity (Wildman–Crippen MR) is 170 cm³/mol. The number of hydrogen-bond acceptors (Lipinski definition) is 7. The Morgan fingerprint density at radius 3 is 2.39 bits per heavy atom. The Morgan fingerprint density at radius 1 is 1.04 bits per heavy atom. The van der Waals surface area contributed by atoms with E-state index in [-0.39, 0.29) is 29.2 Å². The van der Waals surface area contributed by atoms with Crippen LogP contribution in [0, 0.1) is 0 Å². The van der Waals surface area contributed by atoms with Crippen LogP contribution in [-0.2, 0) is 4.79 Å². The van der Waals surface area contributed by atoms with E-state index in [0.29, 0.717) is 34.7 Å². The number of hydrogen-bond donors (Lipinski definition) is 1. The Kier molecular flexibility index (Phi) is 9.65. The monoisotopic (exact) mass is 652 g/mol. The fraction of sp³-hybridized carbons (Fsp3) is 0.281. The van der Waals surface area contributed by atoms with Crippen LogP contribution in [0.5, 0.6) is 11.5 Å². The van der Waals surface area contributed by atoms with Crippen LogP contribution in [0.25, 0.3) is 17.1 Å². The molecule has 1 unspecified atom stereocenters. The van der Waals surface area contributed by atoms with Crippen molar-refractivity contribution in [2.75, 3.05) is 24.3 Å². The van der Waals surface area contributed by atoms with E-state index in [1.807, 2.05) is 57.2 Å². The van der Waals surface area contributed by atoms with Crippen molar-refractivity contribution >= 4 is 34.6 Å². The van der Waals surface area contributed by atoms with Gasteiger partial charge in [0.25, 0.3) is 0 Å². The molecule has 0 radical (unpaired) electrons. The van der Waals surface area contributed by atoms with Crippen LogP contribution in [-0.4, -0.2) is 57.6 Å². The highest BCUT2D eigenvalue weighted by Gasteiger charge is 2.33. The zero-order chi connectivity index (χ0) is 33.0. The minimum absolute atomic E-state index is 0.0516. The van der Waals surface area contributed by atoms with Crippen LogP contribution >= 0.6 is 11.8 Å². The normalized spacial score (nSPS) is 15.0. The highest BCUT2D eigenvalue weighted by atomic mass is 32.2. The third-order valence-electron chi connectivity index (χ3n) is 7.18. The maximum Gasteiger partial charge on any atom is 0.573 e. The first-order valence-corrected chi connectivity index (χ1v) is 15.3. The molecule has 3 aromatic carbocycles. The zero-order valence-corrected chi connectivity index (χ0v) is 26.2. The number of rotatable bonds is 9. The molecule has 0 bridgehead atoms. The van der Waals surface area contributed by atoms with Crippen molar-refractivity contribution in [3.63, 3.8) is 0 Å². The smallest absolute Gasteiger partial charge is 0.497 e. The van der Waals surface area contributed by atoms with Crippen molar-refractivity contribution in [3.8, 4) is 28.6 Å². The molecule has 0 aliphatic carbocycles. The van der Waals surface area contributed by atoms with Gasteiger partial charge in [0.1, 0.15) is 17.8 Å². The summed E-state index contributed by atoms with van der Waals surface area (Å²) in [6.45, 7) is 6.33. The summed E-state index contributed by atoms with van der Waals surface area (Å²) in [5, 5.41) is 7.59. The van der Waals surface area contributed by atoms with Crippen LogP contribution in [0.4, 0.5) is 23.7 Å². The lowest BCUT2D eigenvalue weighted by Gasteiger charge is -2.22. The van der Waals surface area contributed by atoms with Gasteiger partial charge in [-0.2, -0.15) is 4.99 Å². The Morgan fingerprint density at radius 2 is 1.74 bits per heavy atom.